The lowest BCUT2D eigenvalue weighted by atomic mass is 9.53. The van der Waals surface area contributed by atoms with Crippen molar-refractivity contribution in [2.24, 2.45) is 29.4 Å². The van der Waals surface area contributed by atoms with E-state index in [4.69, 9.17) is 12.2 Å². The van der Waals surface area contributed by atoms with Gasteiger partial charge < -0.3 is 15.9 Å². The Bertz CT molecular complexity index is 1160. The van der Waals surface area contributed by atoms with E-state index in [-0.39, 0.29) is 36.3 Å². The van der Waals surface area contributed by atoms with Crippen LogP contribution >= 0.6 is 0 Å². The number of nitrogens with two attached hydrogens (primary N) is 1. The second-order valence-corrected chi connectivity index (χ2v) is 9.25. The highest BCUT2D eigenvalue weighted by molar-refractivity contribution is 6.31. The van der Waals surface area contributed by atoms with Crippen molar-refractivity contribution in [1.82, 2.24) is 0 Å². The van der Waals surface area contributed by atoms with Crippen LogP contribution in [0.3, 0.4) is 0 Å². The van der Waals surface area contributed by atoms with Crippen LogP contribution in [-0.4, -0.2) is 44.9 Å². The largest absolute Gasteiger partial charge is 0.506 e. The van der Waals surface area contributed by atoms with E-state index in [2.05, 4.69) is 5.92 Å². The predicted octanol–water partition coefficient (Wildman–Crippen LogP) is 0.432. The molecule has 2 unspecified atom stereocenters. The molecule has 32 heavy (non-hydrogen) atoms. The van der Waals surface area contributed by atoms with Gasteiger partial charge in [0.1, 0.15) is 5.75 Å². The molecule has 2 saturated carbocycles. The first-order valence-electron chi connectivity index (χ1n) is 10.5. The summed E-state index contributed by atoms with van der Waals surface area (Å²) in [6, 6.07) is 1.65. The molecule has 8 heteroatoms. The zero-order valence-corrected chi connectivity index (χ0v) is 17.7. The summed E-state index contributed by atoms with van der Waals surface area (Å²) in [5.74, 6) is -7.99. The maximum Gasteiger partial charge on any atom is 0.235 e. The molecule has 5 atom stereocenters. The minimum atomic E-state index is -2.65. The number of rotatable bonds is 2. The number of phenols is 1. The molecule has 0 aliphatic heterocycles. The molecule has 3 aliphatic rings. The minimum Gasteiger partial charge on any atom is -0.506 e. The lowest BCUT2D eigenvalue weighted by Crippen LogP contribution is -2.68. The number of terminal acetylenes is 1. The molecule has 0 aromatic heterocycles. The van der Waals surface area contributed by atoms with E-state index in [9.17, 15) is 34.2 Å². The number of hydrogen-bond acceptors (Lipinski definition) is 7. The van der Waals surface area contributed by atoms with E-state index in [0.29, 0.717) is 5.56 Å². The molecule has 4 rings (SSSR count). The maximum atomic E-state index is 13.5. The minimum absolute atomic E-state index is 0.0221. The molecule has 1 amide bonds. The Morgan fingerprint density at radius 3 is 2.44 bits per heavy atom. The molecule has 0 heterocycles. The second-order valence-electron chi connectivity index (χ2n) is 9.25. The van der Waals surface area contributed by atoms with E-state index in [0.717, 1.165) is 5.56 Å². The monoisotopic (exact) mass is 437 g/mol. The Labute approximate surface area is 184 Å². The number of fused-ring (bicyclic) bond motifs is 3. The molecule has 8 nitrogen and oxygen atoms in total. The van der Waals surface area contributed by atoms with Crippen molar-refractivity contribution in [3.63, 3.8) is 0 Å². The van der Waals surface area contributed by atoms with Crippen molar-refractivity contribution in [2.45, 2.75) is 44.6 Å². The first-order valence-corrected chi connectivity index (χ1v) is 10.5. The van der Waals surface area contributed by atoms with E-state index >= 15 is 0 Å². The van der Waals surface area contributed by atoms with Crippen LogP contribution in [0, 0.1) is 36.0 Å². The number of aromatic hydroxyl groups is 1. The summed E-state index contributed by atoms with van der Waals surface area (Å²) in [6.07, 6.45) is 5.45. The molecule has 2 fully saturated rings. The van der Waals surface area contributed by atoms with Gasteiger partial charge in [0.15, 0.2) is 34.7 Å². The van der Waals surface area contributed by atoms with Gasteiger partial charge in [0, 0.05) is 12.3 Å². The molecule has 0 bridgehead atoms. The van der Waals surface area contributed by atoms with Gasteiger partial charge in [-0.25, -0.2) is 0 Å². The van der Waals surface area contributed by atoms with Gasteiger partial charge in [0.25, 0.3) is 0 Å². The van der Waals surface area contributed by atoms with E-state index in [1.807, 2.05) is 13.8 Å². The molecular weight excluding hydrogens is 414 g/mol. The summed E-state index contributed by atoms with van der Waals surface area (Å²) in [5, 5.41) is 21.9. The van der Waals surface area contributed by atoms with Crippen LogP contribution in [0.15, 0.2) is 6.07 Å². The number of amides is 1. The fourth-order valence-corrected chi connectivity index (χ4v) is 5.69. The molecule has 0 radical (unpaired) electrons. The van der Waals surface area contributed by atoms with Crippen LogP contribution < -0.4 is 5.73 Å². The molecular formula is C24H23NO7. The summed E-state index contributed by atoms with van der Waals surface area (Å²) >= 11 is 0. The fourth-order valence-electron chi connectivity index (χ4n) is 5.69. The number of ketones is 4. The average molecular weight is 437 g/mol. The standard InChI is InChI=1S/C24H23NO7/c1-4-10-6-13(9(2)3)14-7-11-5-12-8-15(26)18(23(25)31)22(30)24(12,32)21(29)16(11)20(28)17(14)19(10)27/h1,6,9,11-12,16,18,27,32H,5,7-8H2,2-3H3,(H2,25,31)/t11-,12+,16?,18?,24+/m1/s1. The van der Waals surface area contributed by atoms with Gasteiger partial charge in [-0.15, -0.1) is 6.42 Å². The summed E-state index contributed by atoms with van der Waals surface area (Å²) in [4.78, 5) is 63.9. The smallest absolute Gasteiger partial charge is 0.235 e. The summed E-state index contributed by atoms with van der Waals surface area (Å²) in [7, 11) is 0. The van der Waals surface area contributed by atoms with Gasteiger partial charge in [0.05, 0.1) is 17.0 Å². The van der Waals surface area contributed by atoms with Gasteiger partial charge >= 0.3 is 0 Å². The number of Topliss-reactive ketones (excluding diaryl/α,β-unsaturated/α-hetero) is 4. The van der Waals surface area contributed by atoms with Crippen molar-refractivity contribution in [3.05, 3.63) is 28.3 Å². The summed E-state index contributed by atoms with van der Waals surface area (Å²) < 4.78 is 0. The second kappa shape index (κ2) is 7.10. The van der Waals surface area contributed by atoms with E-state index in [1.54, 1.807) is 6.07 Å². The zero-order chi connectivity index (χ0) is 23.7. The Morgan fingerprint density at radius 2 is 1.88 bits per heavy atom. The van der Waals surface area contributed by atoms with Crippen LogP contribution in [0.2, 0.25) is 0 Å². The number of phenolic OH excluding ortho intramolecular Hbond substituents is 1. The van der Waals surface area contributed by atoms with Crippen LogP contribution in [0.4, 0.5) is 0 Å². The fraction of sp³-hybridized carbons (Fsp3) is 0.458. The van der Waals surface area contributed by atoms with Crippen LogP contribution in [-0.2, 0) is 25.6 Å². The Balaban J connectivity index is 1.87. The topological polar surface area (TPSA) is 152 Å². The quantitative estimate of drug-likeness (QED) is 0.448. The number of carbonyl (C=O) groups excluding carboxylic acids is 5. The summed E-state index contributed by atoms with van der Waals surface area (Å²) in [5.41, 5.74) is 3.94. The molecule has 1 aromatic carbocycles. The first-order chi connectivity index (χ1) is 14.9. The van der Waals surface area contributed by atoms with Crippen molar-refractivity contribution < 1.29 is 34.2 Å². The van der Waals surface area contributed by atoms with E-state index < -0.39 is 64.1 Å². The lowest BCUT2D eigenvalue weighted by Gasteiger charge is -2.48. The number of carbonyl (C=O) groups is 5. The first kappa shape index (κ1) is 21.9. The number of benzene rings is 1. The Morgan fingerprint density at radius 1 is 1.22 bits per heavy atom. The highest BCUT2D eigenvalue weighted by atomic mass is 16.3. The van der Waals surface area contributed by atoms with Crippen LogP contribution in [0.25, 0.3) is 0 Å². The van der Waals surface area contributed by atoms with Gasteiger partial charge in [-0.05, 0) is 41.9 Å². The normalized spacial score (nSPS) is 31.6. The maximum absolute atomic E-state index is 13.5. The highest BCUT2D eigenvalue weighted by Crippen LogP contribution is 2.51. The molecule has 0 spiro atoms. The van der Waals surface area contributed by atoms with E-state index in [1.165, 1.54) is 0 Å². The zero-order valence-electron chi connectivity index (χ0n) is 17.7. The Hall–Kier alpha value is -3.31. The molecule has 0 saturated heterocycles. The highest BCUT2D eigenvalue weighted by Gasteiger charge is 2.66. The molecule has 3 aliphatic carbocycles. The summed E-state index contributed by atoms with van der Waals surface area (Å²) in [6.45, 7) is 3.83. The molecule has 4 N–H and O–H groups in total. The predicted molar refractivity (Wildman–Crippen MR) is 111 cm³/mol. The third-order valence-electron chi connectivity index (χ3n) is 7.21. The van der Waals surface area contributed by atoms with Gasteiger partial charge in [-0.1, -0.05) is 19.8 Å². The lowest BCUT2D eigenvalue weighted by molar-refractivity contribution is -0.175. The third kappa shape index (κ3) is 2.71. The SMILES string of the molecule is C#Cc1cc(C(C)C)c2c(c1O)C(=O)C1C(=O)[C@]3(O)C(=O)C(C(N)=O)C(=O)C[C@@H]3C[C@@H]1C2. The van der Waals surface area contributed by atoms with Crippen molar-refractivity contribution in [2.75, 3.05) is 0 Å². The molecule has 1 aromatic rings. The van der Waals surface area contributed by atoms with Crippen molar-refractivity contribution in [3.8, 4) is 18.1 Å². The Kier molecular flexibility index (Phi) is 4.86. The number of primary amides is 1. The number of hydrogen-bond donors (Lipinski definition) is 3. The third-order valence-corrected chi connectivity index (χ3v) is 7.21. The average Bonchev–Trinajstić information content (AvgIpc) is 2.70. The van der Waals surface area contributed by atoms with Crippen LogP contribution in [0.5, 0.6) is 5.75 Å². The molecule has 166 valence electrons. The van der Waals surface area contributed by atoms with Gasteiger partial charge in [0.2, 0.25) is 5.91 Å². The number of aliphatic hydroxyl groups is 1. The van der Waals surface area contributed by atoms with Crippen molar-refractivity contribution >= 4 is 29.0 Å². The van der Waals surface area contributed by atoms with Crippen LogP contribution in [0.1, 0.15) is 59.7 Å². The van der Waals surface area contributed by atoms with Gasteiger partial charge in [-0.3, -0.25) is 24.0 Å². The van der Waals surface area contributed by atoms with Gasteiger partial charge in [-0.2, -0.15) is 0 Å². The van der Waals surface area contributed by atoms with Crippen molar-refractivity contribution in [1.29, 1.82) is 0 Å².